The minimum Gasteiger partial charge on any atom is -0.390 e. The van der Waals surface area contributed by atoms with Crippen LogP contribution in [-0.4, -0.2) is 57.0 Å². The molecule has 0 unspecified atom stereocenters. The molecule has 0 aromatic rings. The second-order valence-electron chi connectivity index (χ2n) is 9.32. The van der Waals surface area contributed by atoms with Crippen LogP contribution in [0.1, 0.15) is 39.5 Å². The van der Waals surface area contributed by atoms with Gasteiger partial charge < -0.3 is 15.3 Å². The molecule has 4 aliphatic carbocycles. The molecule has 0 saturated heterocycles. The summed E-state index contributed by atoms with van der Waals surface area (Å²) in [7, 11) is 0. The molecule has 3 N–H and O–H groups in total. The van der Waals surface area contributed by atoms with Gasteiger partial charge in [-0.25, -0.2) is 8.78 Å². The summed E-state index contributed by atoms with van der Waals surface area (Å²) in [6, 6.07) is 0. The van der Waals surface area contributed by atoms with Crippen LogP contribution in [0, 0.1) is 22.7 Å². The van der Waals surface area contributed by atoms with Gasteiger partial charge in [0, 0.05) is 16.7 Å². The van der Waals surface area contributed by atoms with E-state index in [1.165, 1.54) is 25.2 Å². The van der Waals surface area contributed by atoms with Gasteiger partial charge in [0.2, 0.25) is 0 Å². The van der Waals surface area contributed by atoms with E-state index in [0.717, 1.165) is 0 Å². The molecule has 28 heavy (non-hydrogen) atoms. The van der Waals surface area contributed by atoms with Crippen molar-refractivity contribution in [3.05, 3.63) is 23.8 Å². The average molecular weight is 396 g/mol. The molecule has 0 aliphatic heterocycles. The Labute approximate surface area is 162 Å². The lowest BCUT2D eigenvalue weighted by Crippen LogP contribution is -2.69. The summed E-state index contributed by atoms with van der Waals surface area (Å²) < 4.78 is 31.7. The van der Waals surface area contributed by atoms with E-state index >= 15 is 4.39 Å². The zero-order valence-corrected chi connectivity index (χ0v) is 16.0. The number of hydrogen-bond donors (Lipinski definition) is 3. The number of halogens is 2. The fraction of sp³-hybridized carbons (Fsp3) is 0.714. The highest BCUT2D eigenvalue weighted by Gasteiger charge is 2.76. The highest BCUT2D eigenvalue weighted by atomic mass is 19.1. The summed E-state index contributed by atoms with van der Waals surface area (Å²) >= 11 is 0. The fourth-order valence-corrected chi connectivity index (χ4v) is 6.80. The average Bonchev–Trinajstić information content (AvgIpc) is 2.84. The number of aliphatic hydroxyl groups excluding tert-OH is 2. The van der Waals surface area contributed by atoms with Gasteiger partial charge in [-0.15, -0.1) is 0 Å². The molecular formula is C21H26F2O5. The zero-order valence-electron chi connectivity index (χ0n) is 16.0. The number of carbonyl (C=O) groups excluding carboxylic acids is 2. The highest BCUT2D eigenvalue weighted by Crippen LogP contribution is 2.70. The molecule has 4 aliphatic rings. The van der Waals surface area contributed by atoms with Gasteiger partial charge in [0.15, 0.2) is 22.8 Å². The number of rotatable bonds is 2. The molecule has 7 heteroatoms. The van der Waals surface area contributed by atoms with Crippen molar-refractivity contribution in [1.29, 1.82) is 0 Å². The Morgan fingerprint density at radius 2 is 2.00 bits per heavy atom. The Bertz CT molecular complexity index is 809. The monoisotopic (exact) mass is 396 g/mol. The maximum absolute atomic E-state index is 16.7. The van der Waals surface area contributed by atoms with E-state index in [9.17, 15) is 29.3 Å². The van der Waals surface area contributed by atoms with E-state index in [1.54, 1.807) is 6.92 Å². The van der Waals surface area contributed by atoms with E-state index in [1.807, 2.05) is 0 Å². The molecule has 0 aromatic heterocycles. The van der Waals surface area contributed by atoms with Crippen molar-refractivity contribution in [1.82, 2.24) is 0 Å². The van der Waals surface area contributed by atoms with Gasteiger partial charge >= 0.3 is 0 Å². The smallest absolute Gasteiger partial charge is 0.193 e. The van der Waals surface area contributed by atoms with Crippen LogP contribution in [0.2, 0.25) is 0 Å². The van der Waals surface area contributed by atoms with Crippen molar-refractivity contribution >= 4 is 11.6 Å². The van der Waals surface area contributed by atoms with Crippen LogP contribution >= 0.6 is 0 Å². The predicted octanol–water partition coefficient (Wildman–Crippen LogP) is 1.60. The first kappa shape index (κ1) is 19.9. The van der Waals surface area contributed by atoms with E-state index in [4.69, 9.17) is 0 Å². The first-order chi connectivity index (χ1) is 13.0. The lowest BCUT2D eigenvalue weighted by Gasteiger charge is -2.62. The van der Waals surface area contributed by atoms with Gasteiger partial charge in [-0.2, -0.15) is 0 Å². The summed E-state index contributed by atoms with van der Waals surface area (Å²) in [5, 5.41) is 31.3. The fourth-order valence-electron chi connectivity index (χ4n) is 6.80. The Morgan fingerprint density at radius 3 is 2.64 bits per heavy atom. The molecule has 3 fully saturated rings. The Morgan fingerprint density at radius 1 is 1.32 bits per heavy atom. The van der Waals surface area contributed by atoms with Crippen LogP contribution in [0.25, 0.3) is 0 Å². The summed E-state index contributed by atoms with van der Waals surface area (Å²) in [6.07, 6.45) is 0.895. The second-order valence-corrected chi connectivity index (χ2v) is 9.32. The predicted molar refractivity (Wildman–Crippen MR) is 95.7 cm³/mol. The number of allylic oxidation sites excluding steroid dienone is 4. The molecule has 4 rings (SSSR count). The minimum atomic E-state index is -2.45. The van der Waals surface area contributed by atoms with Gasteiger partial charge in [-0.3, -0.25) is 9.59 Å². The molecule has 0 radical (unpaired) electrons. The summed E-state index contributed by atoms with van der Waals surface area (Å²) in [4.78, 5) is 24.1. The molecule has 154 valence electrons. The van der Waals surface area contributed by atoms with Crippen LogP contribution in [0.15, 0.2) is 23.8 Å². The number of Topliss-reactive ketones (excluding diaryl/α,β-unsaturated/α-hetero) is 1. The number of hydrogen-bond acceptors (Lipinski definition) is 5. The standard InChI is InChI=1S/C21H26F2O5/c1-18-6-5-12(25)7-11(18)3-4-13-14-8-15(22)21(28,17(27)10-24)19(14,2)9-16(26)20(13,18)23/h5-7,13-16,24,26,28H,3-4,8-10H2,1-2H3/t13-,14-,15-,16-,18-,19-,20-,21-/m0/s1. The maximum atomic E-state index is 16.7. The van der Waals surface area contributed by atoms with E-state index in [0.29, 0.717) is 12.0 Å². The molecule has 0 heterocycles. The Kier molecular flexibility index (Phi) is 4.11. The Balaban J connectivity index is 1.84. The van der Waals surface area contributed by atoms with Crippen LogP contribution < -0.4 is 0 Å². The summed E-state index contributed by atoms with van der Waals surface area (Å²) in [5.41, 5.74) is -6.59. The molecule has 5 nitrogen and oxygen atoms in total. The Hall–Kier alpha value is -1.44. The number of aliphatic hydroxyl groups is 3. The molecule has 0 aromatic carbocycles. The van der Waals surface area contributed by atoms with Gasteiger partial charge in [0.1, 0.15) is 12.8 Å². The largest absolute Gasteiger partial charge is 0.390 e. The number of alkyl halides is 2. The molecule has 0 amide bonds. The van der Waals surface area contributed by atoms with Crippen LogP contribution in [-0.2, 0) is 9.59 Å². The number of carbonyl (C=O) groups is 2. The van der Waals surface area contributed by atoms with Gasteiger partial charge in [0.05, 0.1) is 6.10 Å². The molecule has 0 bridgehead atoms. The molecule has 8 atom stereocenters. The molecule has 3 saturated carbocycles. The molecular weight excluding hydrogens is 370 g/mol. The zero-order chi connectivity index (χ0) is 20.7. The van der Waals surface area contributed by atoms with E-state index < -0.39 is 58.6 Å². The van der Waals surface area contributed by atoms with Crippen LogP contribution in [0.4, 0.5) is 8.78 Å². The lowest BCUT2D eigenvalue weighted by molar-refractivity contribution is -0.220. The number of fused-ring (bicyclic) bond motifs is 5. The van der Waals surface area contributed by atoms with Crippen molar-refractivity contribution in [2.45, 2.75) is 63.1 Å². The van der Waals surface area contributed by atoms with Gasteiger partial charge in [0.25, 0.3) is 0 Å². The van der Waals surface area contributed by atoms with Crippen molar-refractivity contribution in [3.63, 3.8) is 0 Å². The van der Waals surface area contributed by atoms with Crippen LogP contribution in [0.5, 0.6) is 0 Å². The van der Waals surface area contributed by atoms with Crippen molar-refractivity contribution in [2.24, 2.45) is 22.7 Å². The second kappa shape index (κ2) is 5.80. The minimum absolute atomic E-state index is 0.209. The van der Waals surface area contributed by atoms with E-state index in [2.05, 4.69) is 0 Å². The maximum Gasteiger partial charge on any atom is 0.193 e. The van der Waals surface area contributed by atoms with Gasteiger partial charge in [-0.1, -0.05) is 18.6 Å². The SMILES string of the molecule is C[C@]12C=CC(=O)C=C1CC[C@H]1[C@@H]3C[C@H](F)[C@](O)(C(=O)CO)[C@@]3(C)C[C@H](O)[C@@]12F. The number of ketones is 2. The third-order valence-corrected chi connectivity index (χ3v) is 8.38. The third kappa shape index (κ3) is 2.00. The van der Waals surface area contributed by atoms with Crippen molar-refractivity contribution < 1.29 is 33.7 Å². The quantitative estimate of drug-likeness (QED) is 0.659. The lowest BCUT2D eigenvalue weighted by atomic mass is 9.44. The first-order valence-electron chi connectivity index (χ1n) is 9.78. The van der Waals surface area contributed by atoms with Crippen molar-refractivity contribution in [3.8, 4) is 0 Å². The highest BCUT2D eigenvalue weighted by molar-refractivity contribution is 6.01. The van der Waals surface area contributed by atoms with Crippen LogP contribution in [0.3, 0.4) is 0 Å². The first-order valence-corrected chi connectivity index (χ1v) is 9.78. The van der Waals surface area contributed by atoms with Gasteiger partial charge in [-0.05, 0) is 50.7 Å². The normalized spacial score (nSPS) is 52.5. The third-order valence-electron chi connectivity index (χ3n) is 8.38. The molecule has 0 spiro atoms. The van der Waals surface area contributed by atoms with Crippen molar-refractivity contribution in [2.75, 3.05) is 6.61 Å². The van der Waals surface area contributed by atoms with E-state index in [-0.39, 0.29) is 25.0 Å². The topological polar surface area (TPSA) is 94.8 Å². The summed E-state index contributed by atoms with van der Waals surface area (Å²) in [5.74, 6) is -2.73. The summed E-state index contributed by atoms with van der Waals surface area (Å²) in [6.45, 7) is 2.14.